The van der Waals surface area contributed by atoms with Crippen molar-refractivity contribution in [1.29, 1.82) is 0 Å². The van der Waals surface area contributed by atoms with Gasteiger partial charge in [-0.2, -0.15) is 0 Å². The monoisotopic (exact) mass is 271 g/mol. The highest BCUT2D eigenvalue weighted by Crippen LogP contribution is 2.28. The Balaban J connectivity index is 2.77. The molecule has 0 unspecified atom stereocenters. The minimum atomic E-state index is -0.810. The molecule has 20 heavy (non-hydrogen) atoms. The largest absolute Gasteiger partial charge is 0.481 e. The van der Waals surface area contributed by atoms with Crippen LogP contribution < -0.4 is 0 Å². The fraction of sp³-hybridized carbons (Fsp3) is 0.412. The standard InChI is InChI=1S/C17H21NO2/c1-10-6-13-12(9-16(19)20)8-15(17(3,4)5)18-14(13)7-11(10)2/h6-8H,9H2,1-5H3,(H,19,20). The Labute approximate surface area is 119 Å². The molecule has 2 aromatic rings. The number of fused-ring (bicyclic) bond motifs is 1. The van der Waals surface area contributed by atoms with Crippen LogP contribution in [-0.2, 0) is 16.6 Å². The molecule has 0 spiro atoms. The van der Waals surface area contributed by atoms with Crippen molar-refractivity contribution in [2.75, 3.05) is 0 Å². The Kier molecular flexibility index (Phi) is 3.55. The van der Waals surface area contributed by atoms with Crippen molar-refractivity contribution in [3.8, 4) is 0 Å². The number of hydrogen-bond acceptors (Lipinski definition) is 2. The molecule has 0 aliphatic heterocycles. The second-order valence-electron chi connectivity index (χ2n) is 6.44. The van der Waals surface area contributed by atoms with Crippen LogP contribution in [0.3, 0.4) is 0 Å². The van der Waals surface area contributed by atoms with Crippen molar-refractivity contribution in [2.45, 2.75) is 46.5 Å². The summed E-state index contributed by atoms with van der Waals surface area (Å²) < 4.78 is 0. The first-order valence-electron chi connectivity index (χ1n) is 6.81. The summed E-state index contributed by atoms with van der Waals surface area (Å²) in [5, 5.41) is 10.1. The Morgan fingerprint density at radius 2 is 1.75 bits per heavy atom. The number of pyridine rings is 1. The van der Waals surface area contributed by atoms with Crippen LogP contribution >= 0.6 is 0 Å². The zero-order valence-electron chi connectivity index (χ0n) is 12.7. The second-order valence-corrected chi connectivity index (χ2v) is 6.44. The van der Waals surface area contributed by atoms with E-state index in [1.165, 1.54) is 5.56 Å². The van der Waals surface area contributed by atoms with Crippen LogP contribution in [0.5, 0.6) is 0 Å². The number of benzene rings is 1. The Bertz CT molecular complexity index is 681. The molecule has 0 atom stereocenters. The summed E-state index contributed by atoms with van der Waals surface area (Å²) in [4.78, 5) is 15.8. The van der Waals surface area contributed by atoms with E-state index < -0.39 is 5.97 Å². The molecule has 1 aromatic heterocycles. The first-order chi connectivity index (χ1) is 9.18. The number of rotatable bonds is 2. The van der Waals surface area contributed by atoms with Gasteiger partial charge in [0.15, 0.2) is 0 Å². The maximum absolute atomic E-state index is 11.1. The minimum absolute atomic E-state index is 0.0323. The topological polar surface area (TPSA) is 50.2 Å². The van der Waals surface area contributed by atoms with Crippen LogP contribution in [0.4, 0.5) is 0 Å². The number of carbonyl (C=O) groups is 1. The zero-order chi connectivity index (χ0) is 15.1. The van der Waals surface area contributed by atoms with Crippen LogP contribution in [0, 0.1) is 13.8 Å². The zero-order valence-corrected chi connectivity index (χ0v) is 12.7. The minimum Gasteiger partial charge on any atom is -0.481 e. The fourth-order valence-corrected chi connectivity index (χ4v) is 2.25. The van der Waals surface area contributed by atoms with E-state index in [1.807, 2.05) is 25.1 Å². The maximum atomic E-state index is 11.1. The highest BCUT2D eigenvalue weighted by Gasteiger charge is 2.19. The number of nitrogens with zero attached hydrogens (tertiary/aromatic N) is 1. The lowest BCUT2D eigenvalue weighted by molar-refractivity contribution is -0.136. The van der Waals surface area contributed by atoms with Crippen molar-refractivity contribution in [2.24, 2.45) is 0 Å². The maximum Gasteiger partial charge on any atom is 0.307 e. The van der Waals surface area contributed by atoms with Gasteiger partial charge >= 0.3 is 5.97 Å². The van der Waals surface area contributed by atoms with E-state index in [-0.39, 0.29) is 11.8 Å². The summed E-state index contributed by atoms with van der Waals surface area (Å²) >= 11 is 0. The molecule has 0 saturated heterocycles. The second kappa shape index (κ2) is 4.89. The van der Waals surface area contributed by atoms with E-state index in [2.05, 4.69) is 27.7 Å². The van der Waals surface area contributed by atoms with E-state index in [1.54, 1.807) is 0 Å². The van der Waals surface area contributed by atoms with E-state index in [0.717, 1.165) is 27.7 Å². The highest BCUT2D eigenvalue weighted by molar-refractivity contribution is 5.87. The number of aliphatic carboxylic acids is 1. The molecule has 0 aliphatic carbocycles. The fourth-order valence-electron chi connectivity index (χ4n) is 2.25. The van der Waals surface area contributed by atoms with Crippen LogP contribution in [0.15, 0.2) is 18.2 Å². The van der Waals surface area contributed by atoms with E-state index in [9.17, 15) is 4.79 Å². The van der Waals surface area contributed by atoms with Gasteiger partial charge in [-0.25, -0.2) is 0 Å². The number of aromatic nitrogens is 1. The first-order valence-corrected chi connectivity index (χ1v) is 6.81. The molecule has 0 radical (unpaired) electrons. The molecular formula is C17H21NO2. The van der Waals surface area contributed by atoms with E-state index >= 15 is 0 Å². The molecule has 0 saturated carbocycles. The van der Waals surface area contributed by atoms with Gasteiger partial charge in [0, 0.05) is 16.5 Å². The third-order valence-electron chi connectivity index (χ3n) is 3.62. The van der Waals surface area contributed by atoms with Crippen LogP contribution in [-0.4, -0.2) is 16.1 Å². The molecule has 3 nitrogen and oxygen atoms in total. The summed E-state index contributed by atoms with van der Waals surface area (Å²) in [5.41, 5.74) is 4.91. The number of carboxylic acids is 1. The molecule has 0 aliphatic rings. The van der Waals surface area contributed by atoms with Gasteiger partial charge in [-0.3, -0.25) is 9.78 Å². The predicted octanol–water partition coefficient (Wildman–Crippen LogP) is 3.78. The van der Waals surface area contributed by atoms with Gasteiger partial charge in [0.1, 0.15) is 0 Å². The van der Waals surface area contributed by atoms with E-state index in [0.29, 0.717) is 0 Å². The van der Waals surface area contributed by atoms with Crippen molar-refractivity contribution in [3.05, 3.63) is 40.6 Å². The van der Waals surface area contributed by atoms with Gasteiger partial charge < -0.3 is 5.11 Å². The van der Waals surface area contributed by atoms with Crippen molar-refractivity contribution >= 4 is 16.9 Å². The number of carboxylic acid groups (broad SMARTS) is 1. The van der Waals surface area contributed by atoms with Gasteiger partial charge in [-0.1, -0.05) is 20.8 Å². The molecule has 3 heteroatoms. The lowest BCUT2D eigenvalue weighted by Gasteiger charge is -2.20. The quantitative estimate of drug-likeness (QED) is 0.904. The summed E-state index contributed by atoms with van der Waals surface area (Å²) in [6.07, 6.45) is 0.0323. The van der Waals surface area contributed by atoms with Crippen molar-refractivity contribution in [3.63, 3.8) is 0 Å². The number of hydrogen-bond donors (Lipinski definition) is 1. The van der Waals surface area contributed by atoms with Gasteiger partial charge in [-0.05, 0) is 48.7 Å². The predicted molar refractivity (Wildman–Crippen MR) is 81.3 cm³/mol. The molecule has 2 rings (SSSR count). The van der Waals surface area contributed by atoms with Gasteiger partial charge in [-0.15, -0.1) is 0 Å². The molecule has 0 fully saturated rings. The lowest BCUT2D eigenvalue weighted by Crippen LogP contribution is -2.15. The third kappa shape index (κ3) is 2.82. The van der Waals surface area contributed by atoms with Crippen LogP contribution in [0.1, 0.15) is 43.2 Å². The average molecular weight is 271 g/mol. The molecule has 1 N–H and O–H groups in total. The SMILES string of the molecule is Cc1cc2nc(C(C)(C)C)cc(CC(=O)O)c2cc1C. The summed E-state index contributed by atoms with van der Waals surface area (Å²) in [5.74, 6) is -0.810. The molecule has 0 bridgehead atoms. The molecule has 1 heterocycles. The van der Waals surface area contributed by atoms with Gasteiger partial charge in [0.25, 0.3) is 0 Å². The summed E-state index contributed by atoms with van der Waals surface area (Å²) in [6, 6.07) is 6.03. The molecular weight excluding hydrogens is 250 g/mol. The van der Waals surface area contributed by atoms with Crippen molar-refractivity contribution in [1.82, 2.24) is 4.98 Å². The van der Waals surface area contributed by atoms with Gasteiger partial charge in [0.05, 0.1) is 11.9 Å². The highest BCUT2D eigenvalue weighted by atomic mass is 16.4. The summed E-state index contributed by atoms with van der Waals surface area (Å²) in [6.45, 7) is 10.4. The average Bonchev–Trinajstić information content (AvgIpc) is 2.29. The van der Waals surface area contributed by atoms with Crippen LogP contribution in [0.25, 0.3) is 10.9 Å². The Morgan fingerprint density at radius 3 is 2.30 bits per heavy atom. The van der Waals surface area contributed by atoms with Gasteiger partial charge in [0.2, 0.25) is 0 Å². The lowest BCUT2D eigenvalue weighted by atomic mass is 9.89. The molecule has 0 amide bonds. The normalized spacial score (nSPS) is 11.8. The van der Waals surface area contributed by atoms with Crippen LogP contribution in [0.2, 0.25) is 0 Å². The first kappa shape index (κ1) is 14.5. The molecule has 1 aromatic carbocycles. The number of aryl methyl sites for hydroxylation is 2. The third-order valence-corrected chi connectivity index (χ3v) is 3.62. The summed E-state index contributed by atoms with van der Waals surface area (Å²) in [7, 11) is 0. The van der Waals surface area contributed by atoms with E-state index in [4.69, 9.17) is 10.1 Å². The Morgan fingerprint density at radius 1 is 1.15 bits per heavy atom. The van der Waals surface area contributed by atoms with Crippen molar-refractivity contribution < 1.29 is 9.90 Å². The Hall–Kier alpha value is -1.90. The molecule has 106 valence electrons. The smallest absolute Gasteiger partial charge is 0.307 e.